The van der Waals surface area contributed by atoms with Gasteiger partial charge in [0.25, 0.3) is 0 Å². The Bertz CT molecular complexity index is 1140. The third kappa shape index (κ3) is 4.71. The average Bonchev–Trinajstić information content (AvgIpc) is 2.68. The summed E-state index contributed by atoms with van der Waals surface area (Å²) in [5.41, 5.74) is 2.14. The minimum Gasteiger partial charge on any atom is -0.459 e. The zero-order valence-corrected chi connectivity index (χ0v) is 17.3. The van der Waals surface area contributed by atoms with Gasteiger partial charge in [-0.25, -0.2) is 0 Å². The van der Waals surface area contributed by atoms with Crippen molar-refractivity contribution < 1.29 is 9.44 Å². The summed E-state index contributed by atoms with van der Waals surface area (Å²) in [6.07, 6.45) is 0.316. The molecule has 3 aromatic rings. The van der Waals surface area contributed by atoms with Crippen LogP contribution in [0.5, 0.6) is 0 Å². The first kappa shape index (κ1) is 21.1. The van der Waals surface area contributed by atoms with Crippen molar-refractivity contribution in [3.8, 4) is 6.07 Å². The second-order valence-electron chi connectivity index (χ2n) is 7.47. The number of nitrogens with one attached hydrogen (secondary N) is 1. The summed E-state index contributed by atoms with van der Waals surface area (Å²) in [7, 11) is -0.780. The van der Waals surface area contributed by atoms with Crippen molar-refractivity contribution in [1.82, 2.24) is 5.23 Å². The van der Waals surface area contributed by atoms with Gasteiger partial charge in [0.1, 0.15) is 11.3 Å². The number of hydrogen-bond acceptors (Lipinski definition) is 5. The van der Waals surface area contributed by atoms with Crippen LogP contribution in [0.15, 0.2) is 51.7 Å². The first-order chi connectivity index (χ1) is 13.8. The Morgan fingerprint density at radius 1 is 1.28 bits per heavy atom. The lowest BCUT2D eigenvalue weighted by Crippen LogP contribution is -2.38. The van der Waals surface area contributed by atoms with Gasteiger partial charge < -0.3 is 14.7 Å². The maximum Gasteiger partial charge on any atom is 0.374 e. The van der Waals surface area contributed by atoms with Gasteiger partial charge >= 0.3 is 7.05 Å². The molecule has 1 aromatic heterocycles. The fraction of sp³-hybridized carbons (Fsp3) is 0.273. The lowest BCUT2D eigenvalue weighted by molar-refractivity contribution is 0.368. The first-order valence-electron chi connectivity index (χ1n) is 9.48. The fourth-order valence-corrected chi connectivity index (χ4v) is 3.59. The van der Waals surface area contributed by atoms with E-state index < -0.39 is 7.05 Å². The van der Waals surface area contributed by atoms with E-state index in [-0.39, 0.29) is 17.4 Å². The lowest BCUT2D eigenvalue weighted by atomic mass is 9.83. The van der Waals surface area contributed by atoms with Crippen LogP contribution in [-0.4, -0.2) is 12.1 Å². The van der Waals surface area contributed by atoms with E-state index in [1.165, 1.54) is 0 Å². The summed E-state index contributed by atoms with van der Waals surface area (Å²) in [4.78, 5) is 13.4. The molecule has 1 heterocycles. The van der Waals surface area contributed by atoms with E-state index in [9.17, 15) is 15.1 Å². The van der Waals surface area contributed by atoms with E-state index in [4.69, 9.17) is 16.0 Å². The predicted molar refractivity (Wildman–Crippen MR) is 116 cm³/mol. The Hall–Kier alpha value is -2.59. The molecule has 1 atom stereocenters. The minimum absolute atomic E-state index is 0.0496. The van der Waals surface area contributed by atoms with Gasteiger partial charge in [-0.15, -0.1) is 0 Å². The van der Waals surface area contributed by atoms with Crippen LogP contribution in [0.1, 0.15) is 42.3 Å². The van der Waals surface area contributed by atoms with Crippen molar-refractivity contribution in [2.24, 2.45) is 5.92 Å². The molecule has 0 saturated heterocycles. The van der Waals surface area contributed by atoms with Crippen molar-refractivity contribution in [2.45, 2.75) is 33.1 Å². The molecule has 0 fully saturated rings. The molecule has 0 unspecified atom stereocenters. The molecule has 0 radical (unpaired) electrons. The third-order valence-corrected chi connectivity index (χ3v) is 5.02. The molecule has 0 aliphatic rings. The second-order valence-corrected chi connectivity index (χ2v) is 7.90. The summed E-state index contributed by atoms with van der Waals surface area (Å²) < 4.78 is 6.18. The standard InChI is InChI=1S/C22H22BClN2O3/c1-13(2)20(26-23(3)28)22-18(10-14-5-4-6-15(9-14)12-25)21(27)17-8-7-16(24)11-19(17)29-22/h4-9,11,13,20,26,28H,10H2,1-3H3/t20-/m1/s1. The molecule has 0 aliphatic heterocycles. The largest absolute Gasteiger partial charge is 0.459 e. The molecule has 2 N–H and O–H groups in total. The van der Waals surface area contributed by atoms with Gasteiger partial charge in [0.05, 0.1) is 23.1 Å². The van der Waals surface area contributed by atoms with Crippen LogP contribution in [0.25, 0.3) is 11.0 Å². The monoisotopic (exact) mass is 408 g/mol. The van der Waals surface area contributed by atoms with Gasteiger partial charge in [0.2, 0.25) is 0 Å². The third-order valence-electron chi connectivity index (χ3n) is 4.79. The smallest absolute Gasteiger partial charge is 0.374 e. The van der Waals surface area contributed by atoms with Crippen molar-refractivity contribution >= 4 is 29.6 Å². The zero-order valence-electron chi connectivity index (χ0n) is 16.6. The van der Waals surface area contributed by atoms with Crippen LogP contribution in [0, 0.1) is 17.2 Å². The fourth-order valence-electron chi connectivity index (χ4n) is 3.43. The molecule has 0 spiro atoms. The molecule has 5 nitrogen and oxygen atoms in total. The number of halogens is 1. The van der Waals surface area contributed by atoms with Crippen LogP contribution in [0.2, 0.25) is 11.8 Å². The Labute approximate surface area is 175 Å². The topological polar surface area (TPSA) is 86.3 Å². The number of nitriles is 1. The quantitative estimate of drug-likeness (QED) is 0.594. The SMILES string of the molecule is CB(O)N[C@@H](c1oc2cc(Cl)ccc2c(=O)c1Cc1cccc(C#N)c1)C(C)C. The minimum atomic E-state index is -0.780. The summed E-state index contributed by atoms with van der Waals surface area (Å²) in [6, 6.07) is 13.9. The number of hydrogen-bond donors (Lipinski definition) is 2. The highest BCUT2D eigenvalue weighted by molar-refractivity contribution is 6.45. The second kappa shape index (κ2) is 8.83. The van der Waals surface area contributed by atoms with Gasteiger partial charge in [-0.05, 0) is 42.6 Å². The van der Waals surface area contributed by atoms with Crippen molar-refractivity contribution in [3.63, 3.8) is 0 Å². The molecule has 7 heteroatoms. The summed E-state index contributed by atoms with van der Waals surface area (Å²) in [6.45, 7) is 5.60. The molecule has 148 valence electrons. The molecular formula is C22H22BClN2O3. The van der Waals surface area contributed by atoms with E-state index in [1.54, 1.807) is 43.2 Å². The van der Waals surface area contributed by atoms with Crippen LogP contribution >= 0.6 is 11.6 Å². The van der Waals surface area contributed by atoms with Crippen LogP contribution in [0.4, 0.5) is 0 Å². The lowest BCUT2D eigenvalue weighted by Gasteiger charge is -2.24. The van der Waals surface area contributed by atoms with Gasteiger partial charge in [-0.1, -0.05) is 37.6 Å². The molecule has 3 rings (SSSR count). The van der Waals surface area contributed by atoms with Crippen molar-refractivity contribution in [3.05, 3.63) is 80.2 Å². The maximum atomic E-state index is 13.4. The number of fused-ring (bicyclic) bond motifs is 1. The van der Waals surface area contributed by atoms with Crippen LogP contribution in [0.3, 0.4) is 0 Å². The average molecular weight is 409 g/mol. The molecule has 0 bridgehead atoms. The van der Waals surface area contributed by atoms with Crippen molar-refractivity contribution in [1.29, 1.82) is 5.26 Å². The molecule has 2 aromatic carbocycles. The number of rotatable bonds is 6. The molecule has 29 heavy (non-hydrogen) atoms. The van der Waals surface area contributed by atoms with Crippen molar-refractivity contribution in [2.75, 3.05) is 0 Å². The summed E-state index contributed by atoms with van der Waals surface area (Å²) in [5.74, 6) is 0.525. The number of nitrogens with zero attached hydrogens (tertiary/aromatic N) is 1. The highest BCUT2D eigenvalue weighted by atomic mass is 35.5. The van der Waals surface area contributed by atoms with E-state index >= 15 is 0 Å². The predicted octanol–water partition coefficient (Wildman–Crippen LogP) is 4.31. The molecular weight excluding hydrogens is 387 g/mol. The normalized spacial score (nSPS) is 12.2. The number of benzene rings is 2. The molecule has 0 amide bonds. The summed E-state index contributed by atoms with van der Waals surface area (Å²) >= 11 is 6.10. The molecule has 0 saturated carbocycles. The van der Waals surface area contributed by atoms with E-state index in [0.717, 1.165) is 5.56 Å². The Kier molecular flexibility index (Phi) is 6.44. The van der Waals surface area contributed by atoms with Crippen LogP contribution in [-0.2, 0) is 6.42 Å². The maximum absolute atomic E-state index is 13.4. The zero-order chi connectivity index (χ0) is 21.1. The van der Waals surface area contributed by atoms with Gasteiger partial charge in [0.15, 0.2) is 5.43 Å². The van der Waals surface area contributed by atoms with Gasteiger partial charge in [-0.2, -0.15) is 5.26 Å². The first-order valence-corrected chi connectivity index (χ1v) is 9.86. The highest BCUT2D eigenvalue weighted by Gasteiger charge is 2.27. The van der Waals surface area contributed by atoms with E-state index in [0.29, 0.717) is 39.3 Å². The Morgan fingerprint density at radius 3 is 2.69 bits per heavy atom. The Balaban J connectivity index is 2.24. The van der Waals surface area contributed by atoms with Gasteiger partial charge in [0, 0.05) is 23.1 Å². The van der Waals surface area contributed by atoms with Gasteiger partial charge in [-0.3, -0.25) is 4.79 Å². The Morgan fingerprint density at radius 2 is 2.03 bits per heavy atom. The molecule has 0 aliphatic carbocycles. The van der Waals surface area contributed by atoms with E-state index in [1.807, 2.05) is 19.9 Å². The van der Waals surface area contributed by atoms with Crippen LogP contribution < -0.4 is 10.7 Å². The van der Waals surface area contributed by atoms with E-state index in [2.05, 4.69) is 11.3 Å². The highest BCUT2D eigenvalue weighted by Crippen LogP contribution is 2.29. The summed E-state index contributed by atoms with van der Waals surface area (Å²) in [5, 5.41) is 23.1.